The highest BCUT2D eigenvalue weighted by Crippen LogP contribution is 2.35. The Morgan fingerprint density at radius 3 is 2.21 bits per heavy atom. The minimum absolute atomic E-state index is 0.430. The highest BCUT2D eigenvalue weighted by atomic mass is 127. The molecule has 0 rings (SSSR count). The van der Waals surface area contributed by atoms with Crippen LogP contribution in [0.15, 0.2) is 25.3 Å². The zero-order chi connectivity index (χ0) is 10.9. The first-order valence-corrected chi connectivity index (χ1v) is 7.93. The van der Waals surface area contributed by atoms with Gasteiger partial charge in [0.25, 0.3) is 0 Å². The second-order valence-corrected chi connectivity index (χ2v) is 5.46. The Morgan fingerprint density at radius 2 is 1.86 bits per heavy atom. The summed E-state index contributed by atoms with van der Waals surface area (Å²) in [6.45, 7) is 7.72. The summed E-state index contributed by atoms with van der Waals surface area (Å²) in [6.07, 6.45) is 11.1. The number of halogens is 1. The number of allylic oxidation sites excluding steroid dienone is 2. The van der Waals surface area contributed by atoms with E-state index in [1.807, 2.05) is 11.8 Å². The fourth-order valence-electron chi connectivity index (χ4n) is 1.67. The topological polar surface area (TPSA) is 0 Å². The summed E-state index contributed by atoms with van der Waals surface area (Å²) in [7, 11) is 0. The van der Waals surface area contributed by atoms with E-state index in [1.165, 1.54) is 23.0 Å². The van der Waals surface area contributed by atoms with E-state index in [0.29, 0.717) is 5.41 Å². The lowest BCUT2D eigenvalue weighted by Gasteiger charge is -2.29. The van der Waals surface area contributed by atoms with Gasteiger partial charge in [-0.05, 0) is 43.1 Å². The van der Waals surface area contributed by atoms with Crippen LogP contribution in [0.2, 0.25) is 0 Å². The minimum atomic E-state index is 0.430. The fourth-order valence-corrected chi connectivity index (χ4v) is 3.10. The molecule has 14 heavy (non-hydrogen) atoms. The van der Waals surface area contributed by atoms with Gasteiger partial charge in [0.1, 0.15) is 0 Å². The van der Waals surface area contributed by atoms with E-state index in [1.54, 1.807) is 0 Å². The highest BCUT2D eigenvalue weighted by molar-refractivity contribution is 14.1. The van der Waals surface area contributed by atoms with Crippen molar-refractivity contribution in [3.05, 3.63) is 25.3 Å². The normalized spacial score (nSPS) is 11.3. The summed E-state index contributed by atoms with van der Waals surface area (Å²) in [6, 6.07) is 0. The number of thioether (sulfide) groups is 1. The summed E-state index contributed by atoms with van der Waals surface area (Å²) in [5.74, 6) is 1.27. The van der Waals surface area contributed by atoms with Gasteiger partial charge in [-0.2, -0.15) is 11.8 Å². The molecule has 0 bridgehead atoms. The van der Waals surface area contributed by atoms with Crippen LogP contribution in [0.25, 0.3) is 0 Å². The molecule has 0 radical (unpaired) electrons. The zero-order valence-electron chi connectivity index (χ0n) is 9.10. The van der Waals surface area contributed by atoms with Gasteiger partial charge in [0, 0.05) is 4.43 Å². The Hall–Kier alpha value is 0.560. The van der Waals surface area contributed by atoms with Crippen molar-refractivity contribution >= 4 is 34.4 Å². The Kier molecular flexibility index (Phi) is 9.19. The SMILES string of the molecule is C=CCC(CI)(CC=C)CCCSC. The molecular formula is C12H21IS. The van der Waals surface area contributed by atoms with E-state index in [-0.39, 0.29) is 0 Å². The molecule has 0 atom stereocenters. The van der Waals surface area contributed by atoms with Crippen molar-refractivity contribution in [1.29, 1.82) is 0 Å². The summed E-state index contributed by atoms with van der Waals surface area (Å²) in [4.78, 5) is 0. The molecule has 0 aliphatic carbocycles. The number of hydrogen-bond donors (Lipinski definition) is 0. The molecule has 0 heterocycles. The molecule has 0 aliphatic heterocycles. The van der Waals surface area contributed by atoms with Crippen LogP contribution in [0.3, 0.4) is 0 Å². The monoisotopic (exact) mass is 324 g/mol. The first-order chi connectivity index (χ1) is 6.74. The second-order valence-electron chi connectivity index (χ2n) is 3.72. The largest absolute Gasteiger partial charge is 0.165 e. The molecule has 0 spiro atoms. The Balaban J connectivity index is 4.16. The Morgan fingerprint density at radius 1 is 1.29 bits per heavy atom. The van der Waals surface area contributed by atoms with Gasteiger partial charge < -0.3 is 0 Å². The molecule has 82 valence electrons. The molecule has 0 unspecified atom stereocenters. The van der Waals surface area contributed by atoms with Gasteiger partial charge in [-0.25, -0.2) is 0 Å². The van der Waals surface area contributed by atoms with Crippen molar-refractivity contribution in [2.45, 2.75) is 25.7 Å². The molecular weight excluding hydrogens is 303 g/mol. The standard InChI is InChI=1S/C12H21IS/c1-4-7-12(11-13,8-5-2)9-6-10-14-3/h4-5H,1-2,6-11H2,3H3. The Labute approximate surface area is 107 Å². The lowest BCUT2D eigenvalue weighted by atomic mass is 9.79. The van der Waals surface area contributed by atoms with E-state index in [4.69, 9.17) is 0 Å². The van der Waals surface area contributed by atoms with Crippen LogP contribution < -0.4 is 0 Å². The van der Waals surface area contributed by atoms with Crippen LogP contribution >= 0.6 is 34.4 Å². The molecule has 0 aromatic heterocycles. The quantitative estimate of drug-likeness (QED) is 0.256. The minimum Gasteiger partial charge on any atom is -0.165 e. The molecule has 0 saturated heterocycles. The Bertz CT molecular complexity index is 156. The van der Waals surface area contributed by atoms with E-state index in [9.17, 15) is 0 Å². The van der Waals surface area contributed by atoms with Crippen LogP contribution in [0.4, 0.5) is 0 Å². The van der Waals surface area contributed by atoms with Crippen molar-refractivity contribution in [2.75, 3.05) is 16.4 Å². The maximum absolute atomic E-state index is 3.86. The lowest BCUT2D eigenvalue weighted by molar-refractivity contribution is 0.317. The average Bonchev–Trinajstić information content (AvgIpc) is 2.19. The molecule has 0 fully saturated rings. The molecule has 0 saturated carbocycles. The predicted molar refractivity (Wildman–Crippen MR) is 78.6 cm³/mol. The van der Waals surface area contributed by atoms with Crippen molar-refractivity contribution in [2.24, 2.45) is 5.41 Å². The number of alkyl halides is 1. The second kappa shape index (κ2) is 8.84. The first-order valence-electron chi connectivity index (χ1n) is 5.01. The smallest absolute Gasteiger partial charge is 0.00579 e. The van der Waals surface area contributed by atoms with Crippen LogP contribution in [0.5, 0.6) is 0 Å². The van der Waals surface area contributed by atoms with Crippen LogP contribution in [0, 0.1) is 5.41 Å². The average molecular weight is 324 g/mol. The highest BCUT2D eigenvalue weighted by Gasteiger charge is 2.25. The molecule has 0 aliphatic rings. The van der Waals surface area contributed by atoms with E-state index < -0.39 is 0 Å². The van der Waals surface area contributed by atoms with Gasteiger partial charge in [0.2, 0.25) is 0 Å². The first kappa shape index (κ1) is 14.6. The van der Waals surface area contributed by atoms with Crippen molar-refractivity contribution in [3.63, 3.8) is 0 Å². The van der Waals surface area contributed by atoms with Gasteiger partial charge >= 0.3 is 0 Å². The number of rotatable bonds is 9. The van der Waals surface area contributed by atoms with Crippen molar-refractivity contribution < 1.29 is 0 Å². The maximum Gasteiger partial charge on any atom is 0.00579 e. The van der Waals surface area contributed by atoms with Crippen LogP contribution in [-0.4, -0.2) is 16.4 Å². The predicted octanol–water partition coefficient (Wildman–Crippen LogP) is 4.70. The van der Waals surface area contributed by atoms with E-state index in [2.05, 4.69) is 54.2 Å². The van der Waals surface area contributed by atoms with E-state index >= 15 is 0 Å². The van der Waals surface area contributed by atoms with Gasteiger partial charge in [-0.3, -0.25) is 0 Å². The molecule has 2 heteroatoms. The van der Waals surface area contributed by atoms with Gasteiger partial charge in [-0.1, -0.05) is 34.7 Å². The van der Waals surface area contributed by atoms with Crippen molar-refractivity contribution in [1.82, 2.24) is 0 Å². The van der Waals surface area contributed by atoms with E-state index in [0.717, 1.165) is 12.8 Å². The lowest BCUT2D eigenvalue weighted by Crippen LogP contribution is -2.21. The number of hydrogen-bond acceptors (Lipinski definition) is 1. The zero-order valence-corrected chi connectivity index (χ0v) is 12.1. The maximum atomic E-state index is 3.86. The molecule has 0 nitrogen and oxygen atoms in total. The summed E-state index contributed by atoms with van der Waals surface area (Å²) in [5, 5.41) is 0. The third-order valence-corrected chi connectivity index (χ3v) is 4.81. The third-order valence-electron chi connectivity index (χ3n) is 2.49. The molecule has 0 aromatic carbocycles. The summed E-state index contributed by atoms with van der Waals surface area (Å²) < 4.78 is 1.21. The van der Waals surface area contributed by atoms with Crippen LogP contribution in [0.1, 0.15) is 25.7 Å². The summed E-state index contributed by atoms with van der Waals surface area (Å²) >= 11 is 4.43. The van der Waals surface area contributed by atoms with Gasteiger partial charge in [0.15, 0.2) is 0 Å². The van der Waals surface area contributed by atoms with Crippen LogP contribution in [-0.2, 0) is 0 Å². The molecule has 0 aromatic rings. The van der Waals surface area contributed by atoms with Crippen molar-refractivity contribution in [3.8, 4) is 0 Å². The molecule has 0 N–H and O–H groups in total. The summed E-state index contributed by atoms with van der Waals surface area (Å²) in [5.41, 5.74) is 0.430. The van der Waals surface area contributed by atoms with Gasteiger partial charge in [-0.15, -0.1) is 13.2 Å². The fraction of sp³-hybridized carbons (Fsp3) is 0.667. The third kappa shape index (κ3) is 5.44. The molecule has 0 amide bonds. The van der Waals surface area contributed by atoms with Gasteiger partial charge in [0.05, 0.1) is 0 Å².